The Balaban J connectivity index is 3.28. The van der Waals surface area contributed by atoms with E-state index in [9.17, 15) is 0 Å². The van der Waals surface area contributed by atoms with Gasteiger partial charge in [0.25, 0.3) is 0 Å². The Hall–Kier alpha value is 0.491. The summed E-state index contributed by atoms with van der Waals surface area (Å²) in [5.41, 5.74) is 0. The van der Waals surface area contributed by atoms with E-state index < -0.39 is 24.0 Å². The van der Waals surface area contributed by atoms with E-state index in [1.54, 1.807) is 0 Å². The Morgan fingerprint density at radius 2 is 1.76 bits per heavy atom. The van der Waals surface area contributed by atoms with E-state index in [2.05, 4.69) is 53.1 Å². The first-order valence-electron chi connectivity index (χ1n) is 7.96. The number of ether oxygens (including phenoxy) is 1. The molecule has 7 heteroatoms. The lowest BCUT2D eigenvalue weighted by atomic mass is 10.4. The van der Waals surface area contributed by atoms with Gasteiger partial charge >= 0.3 is 8.32 Å². The fraction of sp³-hybridized carbons (Fsp3) is 1.00. The monoisotopic (exact) mass is 350 g/mol. The van der Waals surface area contributed by atoms with E-state index in [4.69, 9.17) is 18.0 Å². The first kappa shape index (κ1) is 19.5. The minimum atomic E-state index is -2.68. The normalized spacial score (nSPS) is 36.1. The lowest BCUT2D eigenvalue weighted by Gasteiger charge is -2.51. The summed E-state index contributed by atoms with van der Waals surface area (Å²) in [4.78, 5) is 0. The SMILES string of the molecule is CCO[Si]1([Si](C)(C)C)OC(C)COCC(C)([Si](C)(C)C)O1. The molecule has 0 radical (unpaired) electrons. The average Bonchev–Trinajstić information content (AvgIpc) is 2.23. The maximum Gasteiger partial charge on any atom is 0.469 e. The molecule has 0 spiro atoms. The van der Waals surface area contributed by atoms with Crippen molar-refractivity contribution in [2.75, 3.05) is 19.8 Å². The number of hydrogen-bond donors (Lipinski definition) is 0. The molecule has 0 N–H and O–H groups in total. The molecule has 0 bridgehead atoms. The second-order valence-electron chi connectivity index (χ2n) is 8.27. The lowest BCUT2D eigenvalue weighted by Crippen LogP contribution is -2.73. The van der Waals surface area contributed by atoms with Crippen molar-refractivity contribution in [3.05, 3.63) is 0 Å². The molecule has 1 aliphatic rings. The van der Waals surface area contributed by atoms with Gasteiger partial charge in [-0.25, -0.2) is 0 Å². The van der Waals surface area contributed by atoms with Gasteiger partial charge in [-0.2, -0.15) is 0 Å². The molecule has 3 unspecified atom stereocenters. The van der Waals surface area contributed by atoms with E-state index in [1.807, 2.05) is 6.92 Å². The predicted molar refractivity (Wildman–Crippen MR) is 94.9 cm³/mol. The Morgan fingerprint density at radius 1 is 1.19 bits per heavy atom. The molecule has 1 aliphatic heterocycles. The first-order chi connectivity index (χ1) is 9.37. The maximum absolute atomic E-state index is 6.80. The van der Waals surface area contributed by atoms with Gasteiger partial charge in [-0.3, -0.25) is 0 Å². The number of rotatable bonds is 4. The van der Waals surface area contributed by atoms with Crippen molar-refractivity contribution in [3.8, 4) is 0 Å². The fourth-order valence-electron chi connectivity index (χ4n) is 2.24. The van der Waals surface area contributed by atoms with Gasteiger partial charge in [0.1, 0.15) is 7.59 Å². The van der Waals surface area contributed by atoms with Crippen molar-refractivity contribution >= 4 is 24.0 Å². The van der Waals surface area contributed by atoms with Crippen molar-refractivity contribution < 1.29 is 18.0 Å². The lowest BCUT2D eigenvalue weighted by molar-refractivity contribution is -0.0815. The topological polar surface area (TPSA) is 36.9 Å². The van der Waals surface area contributed by atoms with E-state index >= 15 is 0 Å². The van der Waals surface area contributed by atoms with Crippen LogP contribution in [0.4, 0.5) is 0 Å². The molecule has 4 nitrogen and oxygen atoms in total. The zero-order valence-corrected chi connectivity index (χ0v) is 18.3. The van der Waals surface area contributed by atoms with Crippen LogP contribution in [0.3, 0.4) is 0 Å². The smallest absolute Gasteiger partial charge is 0.377 e. The van der Waals surface area contributed by atoms with Gasteiger partial charge in [-0.1, -0.05) is 39.3 Å². The van der Waals surface area contributed by atoms with E-state index in [1.165, 1.54) is 0 Å². The molecule has 1 heterocycles. The molecule has 0 aromatic carbocycles. The summed E-state index contributed by atoms with van der Waals surface area (Å²) in [6, 6.07) is 0. The Bertz CT molecular complexity index is 353. The minimum absolute atomic E-state index is 0.0288. The van der Waals surface area contributed by atoms with Crippen LogP contribution in [0, 0.1) is 0 Å². The van der Waals surface area contributed by atoms with Gasteiger partial charge in [-0.15, -0.1) is 0 Å². The summed E-state index contributed by atoms with van der Waals surface area (Å²) in [5.74, 6) is 0. The molecule has 0 aromatic heterocycles. The second kappa shape index (κ2) is 6.54. The second-order valence-corrected chi connectivity index (χ2v) is 26.5. The van der Waals surface area contributed by atoms with Crippen molar-refractivity contribution in [3.63, 3.8) is 0 Å². The maximum atomic E-state index is 6.80. The van der Waals surface area contributed by atoms with Crippen LogP contribution in [0.2, 0.25) is 39.3 Å². The van der Waals surface area contributed by atoms with Crippen LogP contribution < -0.4 is 0 Å². The molecular formula is C14H34O4Si3. The third-order valence-corrected chi connectivity index (χ3v) is 18.5. The van der Waals surface area contributed by atoms with Crippen molar-refractivity contribution in [1.82, 2.24) is 0 Å². The average molecular weight is 351 g/mol. The summed E-state index contributed by atoms with van der Waals surface area (Å²) in [6.07, 6.45) is 0.0288. The number of hydrogen-bond acceptors (Lipinski definition) is 4. The Kier molecular flexibility index (Phi) is 6.09. The Labute approximate surface area is 133 Å². The highest BCUT2D eigenvalue weighted by atomic mass is 29.3. The highest BCUT2D eigenvalue weighted by Crippen LogP contribution is 2.36. The summed E-state index contributed by atoms with van der Waals surface area (Å²) in [5, 5.41) is -0.269. The molecule has 0 aromatic rings. The van der Waals surface area contributed by atoms with Gasteiger partial charge in [-0.05, 0) is 20.8 Å². The summed E-state index contributed by atoms with van der Waals surface area (Å²) < 4.78 is 25.4. The van der Waals surface area contributed by atoms with Crippen LogP contribution in [0.25, 0.3) is 0 Å². The van der Waals surface area contributed by atoms with Gasteiger partial charge < -0.3 is 18.0 Å². The van der Waals surface area contributed by atoms with Crippen molar-refractivity contribution in [2.24, 2.45) is 0 Å². The fourth-order valence-corrected chi connectivity index (χ4v) is 12.6. The molecule has 21 heavy (non-hydrogen) atoms. The molecule has 1 saturated heterocycles. The molecule has 0 aliphatic carbocycles. The third kappa shape index (κ3) is 4.27. The molecule has 0 saturated carbocycles. The van der Waals surface area contributed by atoms with Gasteiger partial charge in [0, 0.05) is 6.61 Å². The largest absolute Gasteiger partial charge is 0.469 e. The van der Waals surface area contributed by atoms with Crippen molar-refractivity contribution in [2.45, 2.75) is 71.4 Å². The first-order valence-corrected chi connectivity index (χ1v) is 17.7. The summed E-state index contributed by atoms with van der Waals surface area (Å²) in [7, 11) is -6.04. The Morgan fingerprint density at radius 3 is 2.19 bits per heavy atom. The highest BCUT2D eigenvalue weighted by molar-refractivity contribution is 7.33. The van der Waals surface area contributed by atoms with Crippen molar-refractivity contribution in [1.29, 1.82) is 0 Å². The molecule has 0 amide bonds. The molecule has 3 atom stereocenters. The van der Waals surface area contributed by atoms with Gasteiger partial charge in [0.15, 0.2) is 0 Å². The third-order valence-electron chi connectivity index (χ3n) is 4.29. The predicted octanol–water partition coefficient (Wildman–Crippen LogP) is 3.47. The van der Waals surface area contributed by atoms with Crippen LogP contribution in [0.15, 0.2) is 0 Å². The van der Waals surface area contributed by atoms with Crippen LogP contribution >= 0.6 is 0 Å². The molecule has 1 fully saturated rings. The molecule has 1 rings (SSSR count). The quantitative estimate of drug-likeness (QED) is 0.728. The van der Waals surface area contributed by atoms with Crippen LogP contribution in [-0.4, -0.2) is 55.1 Å². The molecule has 126 valence electrons. The highest BCUT2D eigenvalue weighted by Gasteiger charge is 2.60. The van der Waals surface area contributed by atoms with E-state index in [0.29, 0.717) is 19.8 Å². The van der Waals surface area contributed by atoms with Crippen LogP contribution in [-0.2, 0) is 18.0 Å². The molecular weight excluding hydrogens is 316 g/mol. The summed E-state index contributed by atoms with van der Waals surface area (Å²) >= 11 is 0. The van der Waals surface area contributed by atoms with Crippen LogP contribution in [0.5, 0.6) is 0 Å². The summed E-state index contributed by atoms with van der Waals surface area (Å²) in [6.45, 7) is 22.1. The van der Waals surface area contributed by atoms with E-state index in [0.717, 1.165) is 0 Å². The van der Waals surface area contributed by atoms with Gasteiger partial charge in [0.2, 0.25) is 0 Å². The zero-order chi connectivity index (χ0) is 16.5. The van der Waals surface area contributed by atoms with Gasteiger partial charge in [0.05, 0.1) is 32.6 Å². The minimum Gasteiger partial charge on any atom is -0.377 e. The van der Waals surface area contributed by atoms with E-state index in [-0.39, 0.29) is 11.3 Å². The zero-order valence-electron chi connectivity index (χ0n) is 15.3. The van der Waals surface area contributed by atoms with Crippen LogP contribution in [0.1, 0.15) is 20.8 Å². The standard InChI is InChI=1S/C14H34O4Si3/c1-10-16-21(20(7,8)9)17-13(2)11-15-12-14(3,18-21)19(4,5)6/h13H,10-12H2,1-9H3.